The molecular weight excluding hydrogens is 334 g/mol. The molecule has 0 bridgehead atoms. The minimum absolute atomic E-state index is 0.137. The highest BCUT2D eigenvalue weighted by atomic mass is 32.1. The molecule has 3 aromatic rings. The van der Waals surface area contributed by atoms with Gasteiger partial charge in [-0.3, -0.25) is 14.5 Å². The van der Waals surface area contributed by atoms with Crippen molar-refractivity contribution < 1.29 is 9.59 Å². The molecule has 25 heavy (non-hydrogen) atoms. The molecule has 126 valence electrons. The van der Waals surface area contributed by atoms with E-state index in [1.165, 1.54) is 22.3 Å². The molecule has 0 saturated carbocycles. The van der Waals surface area contributed by atoms with Crippen LogP contribution in [-0.4, -0.2) is 30.9 Å². The molecule has 0 unspecified atom stereocenters. The van der Waals surface area contributed by atoms with Gasteiger partial charge in [0, 0.05) is 25.7 Å². The van der Waals surface area contributed by atoms with Crippen molar-refractivity contribution in [3.05, 3.63) is 65.7 Å². The Bertz CT molecular complexity index is 912. The first-order chi connectivity index (χ1) is 12.1. The first-order valence-electron chi connectivity index (χ1n) is 7.72. The van der Waals surface area contributed by atoms with E-state index in [1.54, 1.807) is 44.4 Å². The van der Waals surface area contributed by atoms with Gasteiger partial charge in [-0.2, -0.15) is 0 Å². The summed E-state index contributed by atoms with van der Waals surface area (Å²) in [5, 5.41) is 3.23. The van der Waals surface area contributed by atoms with Crippen LogP contribution in [0.3, 0.4) is 0 Å². The fraction of sp³-hybridized carbons (Fsp3) is 0.105. The monoisotopic (exact) mass is 351 g/mol. The van der Waals surface area contributed by atoms with Crippen LogP contribution in [-0.2, 0) is 4.79 Å². The molecule has 0 aliphatic heterocycles. The summed E-state index contributed by atoms with van der Waals surface area (Å²) < 4.78 is 1.05. The Labute approximate surface area is 149 Å². The third kappa shape index (κ3) is 3.75. The number of carbonyl (C=O) groups is 2. The maximum Gasteiger partial charge on any atom is 0.252 e. The molecule has 0 radical (unpaired) electrons. The molecule has 0 fully saturated rings. The zero-order valence-electron chi connectivity index (χ0n) is 13.9. The Kier molecular flexibility index (Phi) is 4.90. The van der Waals surface area contributed by atoms with Crippen LogP contribution in [0.2, 0.25) is 0 Å². The molecule has 1 aromatic heterocycles. The zero-order chi connectivity index (χ0) is 17.8. The SMILES string of the molecule is CNC(=O)c1ccc(/C=C/C(=O)N(C)c2nc3ccccc3s2)cc1. The van der Waals surface area contributed by atoms with Crippen molar-refractivity contribution in [3.63, 3.8) is 0 Å². The zero-order valence-corrected chi connectivity index (χ0v) is 14.7. The highest BCUT2D eigenvalue weighted by Crippen LogP contribution is 2.27. The third-order valence-corrected chi connectivity index (χ3v) is 4.83. The van der Waals surface area contributed by atoms with Gasteiger partial charge < -0.3 is 5.32 Å². The number of hydrogen-bond donors (Lipinski definition) is 1. The highest BCUT2D eigenvalue weighted by molar-refractivity contribution is 7.22. The quantitative estimate of drug-likeness (QED) is 0.734. The van der Waals surface area contributed by atoms with Crippen LogP contribution in [0.5, 0.6) is 0 Å². The van der Waals surface area contributed by atoms with Gasteiger partial charge in [-0.15, -0.1) is 0 Å². The van der Waals surface area contributed by atoms with Crippen molar-refractivity contribution in [2.45, 2.75) is 0 Å². The van der Waals surface area contributed by atoms with E-state index in [9.17, 15) is 9.59 Å². The Morgan fingerprint density at radius 2 is 1.84 bits per heavy atom. The van der Waals surface area contributed by atoms with Crippen LogP contribution >= 0.6 is 11.3 Å². The van der Waals surface area contributed by atoms with Gasteiger partial charge in [-0.05, 0) is 35.9 Å². The minimum Gasteiger partial charge on any atom is -0.355 e. The van der Waals surface area contributed by atoms with Crippen molar-refractivity contribution in [3.8, 4) is 0 Å². The average molecular weight is 351 g/mol. The van der Waals surface area contributed by atoms with E-state index in [4.69, 9.17) is 0 Å². The van der Waals surface area contributed by atoms with Crippen LogP contribution in [0.1, 0.15) is 15.9 Å². The molecule has 0 spiro atoms. The number of carbonyl (C=O) groups excluding carboxylic acids is 2. The van der Waals surface area contributed by atoms with Gasteiger partial charge in [0.2, 0.25) is 0 Å². The number of nitrogens with zero attached hydrogens (tertiary/aromatic N) is 2. The van der Waals surface area contributed by atoms with Gasteiger partial charge in [0.1, 0.15) is 0 Å². The molecule has 0 aliphatic carbocycles. The maximum atomic E-state index is 12.4. The molecule has 0 aliphatic rings. The molecule has 6 heteroatoms. The van der Waals surface area contributed by atoms with Crippen LogP contribution < -0.4 is 10.2 Å². The summed E-state index contributed by atoms with van der Waals surface area (Å²) in [4.78, 5) is 29.9. The number of thiazole rings is 1. The number of aromatic nitrogens is 1. The molecular formula is C19H17N3O2S. The van der Waals surface area contributed by atoms with E-state index in [2.05, 4.69) is 10.3 Å². The smallest absolute Gasteiger partial charge is 0.252 e. The number of hydrogen-bond acceptors (Lipinski definition) is 4. The summed E-state index contributed by atoms with van der Waals surface area (Å²) >= 11 is 1.48. The van der Waals surface area contributed by atoms with Gasteiger partial charge in [0.05, 0.1) is 10.2 Å². The number of amides is 2. The first-order valence-corrected chi connectivity index (χ1v) is 8.53. The van der Waals surface area contributed by atoms with Gasteiger partial charge >= 0.3 is 0 Å². The predicted octanol–water partition coefficient (Wildman–Crippen LogP) is 3.33. The van der Waals surface area contributed by atoms with Crippen LogP contribution in [0.4, 0.5) is 5.13 Å². The molecule has 1 N–H and O–H groups in total. The van der Waals surface area contributed by atoms with Gasteiger partial charge in [0.25, 0.3) is 11.8 Å². The predicted molar refractivity (Wildman–Crippen MR) is 102 cm³/mol. The van der Waals surface area contributed by atoms with Crippen LogP contribution in [0.25, 0.3) is 16.3 Å². The van der Waals surface area contributed by atoms with Gasteiger partial charge in [-0.25, -0.2) is 4.98 Å². The van der Waals surface area contributed by atoms with E-state index >= 15 is 0 Å². The lowest BCUT2D eigenvalue weighted by Gasteiger charge is -2.10. The van der Waals surface area contributed by atoms with Gasteiger partial charge in [-0.1, -0.05) is 35.6 Å². The summed E-state index contributed by atoms with van der Waals surface area (Å²) in [6, 6.07) is 14.8. The van der Waals surface area contributed by atoms with E-state index in [-0.39, 0.29) is 11.8 Å². The number of fused-ring (bicyclic) bond motifs is 1. The van der Waals surface area contributed by atoms with Crippen LogP contribution in [0.15, 0.2) is 54.6 Å². The number of likely N-dealkylation sites (N-methyl/N-ethyl adjacent to an activating group) is 1. The number of anilines is 1. The lowest BCUT2D eigenvalue weighted by Crippen LogP contribution is -2.23. The van der Waals surface area contributed by atoms with E-state index in [1.807, 2.05) is 24.3 Å². The second-order valence-electron chi connectivity index (χ2n) is 5.40. The number of rotatable bonds is 4. The van der Waals surface area contributed by atoms with Crippen molar-refractivity contribution in [2.24, 2.45) is 0 Å². The average Bonchev–Trinajstić information content (AvgIpc) is 3.09. The highest BCUT2D eigenvalue weighted by Gasteiger charge is 2.12. The Hall–Kier alpha value is -2.99. The Morgan fingerprint density at radius 1 is 1.12 bits per heavy atom. The standard InChI is InChI=1S/C19H17N3O2S/c1-20-18(24)14-10-7-13(8-11-14)9-12-17(23)22(2)19-21-15-5-3-4-6-16(15)25-19/h3-12H,1-2H3,(H,20,24)/b12-9+. The third-order valence-electron chi connectivity index (χ3n) is 3.72. The molecule has 0 atom stereocenters. The number of nitrogens with one attached hydrogen (secondary N) is 1. The fourth-order valence-electron chi connectivity index (χ4n) is 2.27. The molecule has 1 heterocycles. The largest absolute Gasteiger partial charge is 0.355 e. The van der Waals surface area contributed by atoms with Crippen molar-refractivity contribution in [2.75, 3.05) is 19.0 Å². The summed E-state index contributed by atoms with van der Waals surface area (Å²) in [6.07, 6.45) is 3.22. The van der Waals surface area contributed by atoms with E-state index < -0.39 is 0 Å². The maximum absolute atomic E-state index is 12.4. The normalized spacial score (nSPS) is 11.0. The molecule has 2 aromatic carbocycles. The van der Waals surface area contributed by atoms with Crippen LogP contribution in [0, 0.1) is 0 Å². The fourth-order valence-corrected chi connectivity index (χ4v) is 3.20. The first kappa shape index (κ1) is 16.9. The lowest BCUT2D eigenvalue weighted by atomic mass is 10.1. The number of para-hydroxylation sites is 1. The second-order valence-corrected chi connectivity index (χ2v) is 6.40. The van der Waals surface area contributed by atoms with Crippen molar-refractivity contribution >= 4 is 44.6 Å². The summed E-state index contributed by atoms with van der Waals surface area (Å²) in [7, 11) is 3.30. The molecule has 2 amide bonds. The second kappa shape index (κ2) is 7.27. The minimum atomic E-state index is -0.158. The van der Waals surface area contributed by atoms with Crippen molar-refractivity contribution in [1.82, 2.24) is 10.3 Å². The van der Waals surface area contributed by atoms with E-state index in [0.717, 1.165) is 15.8 Å². The summed E-state index contributed by atoms with van der Waals surface area (Å²) in [5.41, 5.74) is 2.31. The summed E-state index contributed by atoms with van der Waals surface area (Å²) in [6.45, 7) is 0. The summed E-state index contributed by atoms with van der Waals surface area (Å²) in [5.74, 6) is -0.295. The van der Waals surface area contributed by atoms with Crippen molar-refractivity contribution in [1.29, 1.82) is 0 Å². The number of benzene rings is 2. The lowest BCUT2D eigenvalue weighted by molar-refractivity contribution is -0.113. The molecule has 5 nitrogen and oxygen atoms in total. The molecule has 3 rings (SSSR count). The molecule has 0 saturated heterocycles. The van der Waals surface area contributed by atoms with Gasteiger partial charge in [0.15, 0.2) is 5.13 Å². The topological polar surface area (TPSA) is 62.3 Å². The Morgan fingerprint density at radius 3 is 2.52 bits per heavy atom. The Balaban J connectivity index is 1.72. The van der Waals surface area contributed by atoms with E-state index in [0.29, 0.717) is 10.7 Å².